The van der Waals surface area contributed by atoms with Crippen molar-refractivity contribution in [3.63, 3.8) is 0 Å². The van der Waals surface area contributed by atoms with Crippen LogP contribution in [0.25, 0.3) is 0 Å². The first-order valence-corrected chi connectivity index (χ1v) is 7.87. The molecule has 0 radical (unpaired) electrons. The summed E-state index contributed by atoms with van der Waals surface area (Å²) < 4.78 is 0. The SMILES string of the molecule is CCC(CC)C(C)N1CCCNC(C(C)(C)C)C1. The first kappa shape index (κ1) is 16.0. The van der Waals surface area contributed by atoms with Crippen molar-refractivity contribution in [2.45, 2.75) is 72.9 Å². The largest absolute Gasteiger partial charge is 0.312 e. The van der Waals surface area contributed by atoms with Crippen molar-refractivity contribution in [3.8, 4) is 0 Å². The Morgan fingerprint density at radius 2 is 1.83 bits per heavy atom. The van der Waals surface area contributed by atoms with Crippen LogP contribution in [0, 0.1) is 11.3 Å². The van der Waals surface area contributed by atoms with Crippen molar-refractivity contribution < 1.29 is 0 Å². The summed E-state index contributed by atoms with van der Waals surface area (Å²) in [5.41, 5.74) is 0.357. The van der Waals surface area contributed by atoms with Crippen LogP contribution in [0.15, 0.2) is 0 Å². The Labute approximate surface area is 115 Å². The van der Waals surface area contributed by atoms with Crippen LogP contribution in [0.1, 0.15) is 60.8 Å². The van der Waals surface area contributed by atoms with E-state index in [1.807, 2.05) is 0 Å². The monoisotopic (exact) mass is 254 g/mol. The number of nitrogens with zero attached hydrogens (tertiary/aromatic N) is 1. The van der Waals surface area contributed by atoms with Crippen molar-refractivity contribution in [3.05, 3.63) is 0 Å². The summed E-state index contributed by atoms with van der Waals surface area (Å²) in [7, 11) is 0. The second-order valence-electron chi connectivity index (χ2n) is 7.04. The van der Waals surface area contributed by atoms with Crippen LogP contribution in [0.3, 0.4) is 0 Å². The van der Waals surface area contributed by atoms with Gasteiger partial charge in [0.15, 0.2) is 0 Å². The molecule has 18 heavy (non-hydrogen) atoms. The number of rotatable bonds is 4. The van der Waals surface area contributed by atoms with E-state index in [0.29, 0.717) is 11.5 Å². The minimum atomic E-state index is 0.357. The molecule has 2 nitrogen and oxygen atoms in total. The molecule has 0 saturated carbocycles. The fourth-order valence-corrected chi connectivity index (χ4v) is 3.17. The van der Waals surface area contributed by atoms with Crippen LogP contribution in [0.2, 0.25) is 0 Å². The van der Waals surface area contributed by atoms with Crippen molar-refractivity contribution in [2.75, 3.05) is 19.6 Å². The minimum absolute atomic E-state index is 0.357. The number of hydrogen-bond donors (Lipinski definition) is 1. The summed E-state index contributed by atoms with van der Waals surface area (Å²) in [5.74, 6) is 0.851. The van der Waals surface area contributed by atoms with Gasteiger partial charge in [-0.25, -0.2) is 0 Å². The Kier molecular flexibility index (Phi) is 6.13. The summed E-state index contributed by atoms with van der Waals surface area (Å²) in [4.78, 5) is 2.73. The van der Waals surface area contributed by atoms with E-state index in [4.69, 9.17) is 0 Å². The average molecular weight is 254 g/mol. The Bertz CT molecular complexity index is 228. The zero-order chi connectivity index (χ0) is 13.8. The van der Waals surface area contributed by atoms with Crippen LogP contribution < -0.4 is 5.32 Å². The zero-order valence-corrected chi connectivity index (χ0v) is 13.4. The maximum absolute atomic E-state index is 3.74. The molecule has 1 saturated heterocycles. The van der Waals surface area contributed by atoms with Crippen LogP contribution in [-0.4, -0.2) is 36.6 Å². The zero-order valence-electron chi connectivity index (χ0n) is 13.4. The molecule has 0 aromatic carbocycles. The predicted molar refractivity (Wildman–Crippen MR) is 81.0 cm³/mol. The lowest BCUT2D eigenvalue weighted by atomic mass is 9.85. The van der Waals surface area contributed by atoms with Crippen LogP contribution >= 0.6 is 0 Å². The van der Waals surface area contributed by atoms with Gasteiger partial charge in [0.25, 0.3) is 0 Å². The molecule has 108 valence electrons. The van der Waals surface area contributed by atoms with Gasteiger partial charge in [-0.15, -0.1) is 0 Å². The summed E-state index contributed by atoms with van der Waals surface area (Å²) >= 11 is 0. The first-order chi connectivity index (χ1) is 8.40. The Morgan fingerprint density at radius 1 is 1.22 bits per heavy atom. The normalized spacial score (nSPS) is 25.2. The molecule has 1 aliphatic rings. The third kappa shape index (κ3) is 4.24. The third-order valence-electron chi connectivity index (χ3n) is 4.78. The Hall–Kier alpha value is -0.0800. The Balaban J connectivity index is 2.69. The Morgan fingerprint density at radius 3 is 2.33 bits per heavy atom. The number of nitrogens with one attached hydrogen (secondary N) is 1. The molecule has 1 rings (SSSR count). The summed E-state index contributed by atoms with van der Waals surface area (Å²) in [6, 6.07) is 1.35. The molecule has 0 aliphatic carbocycles. The molecule has 0 aromatic rings. The maximum atomic E-state index is 3.74. The highest BCUT2D eigenvalue weighted by Crippen LogP contribution is 2.25. The average Bonchev–Trinajstić information content (AvgIpc) is 2.55. The molecule has 0 amide bonds. The van der Waals surface area contributed by atoms with E-state index >= 15 is 0 Å². The van der Waals surface area contributed by atoms with Gasteiger partial charge >= 0.3 is 0 Å². The van der Waals surface area contributed by atoms with Crippen molar-refractivity contribution in [2.24, 2.45) is 11.3 Å². The summed E-state index contributed by atoms with van der Waals surface area (Å²) in [6.07, 6.45) is 3.90. The fourth-order valence-electron chi connectivity index (χ4n) is 3.17. The third-order valence-corrected chi connectivity index (χ3v) is 4.78. The van der Waals surface area contributed by atoms with E-state index in [1.165, 1.54) is 38.9 Å². The van der Waals surface area contributed by atoms with Gasteiger partial charge in [0.2, 0.25) is 0 Å². The van der Waals surface area contributed by atoms with Gasteiger partial charge in [0.05, 0.1) is 0 Å². The molecular formula is C16H34N2. The molecule has 0 aromatic heterocycles. The van der Waals surface area contributed by atoms with E-state index in [0.717, 1.165) is 12.0 Å². The molecule has 0 spiro atoms. The van der Waals surface area contributed by atoms with Crippen LogP contribution in [-0.2, 0) is 0 Å². The van der Waals surface area contributed by atoms with E-state index in [2.05, 4.69) is 51.8 Å². The van der Waals surface area contributed by atoms with Crippen LogP contribution in [0.5, 0.6) is 0 Å². The lowest BCUT2D eigenvalue weighted by molar-refractivity contribution is 0.121. The highest BCUT2D eigenvalue weighted by molar-refractivity contribution is 4.88. The molecule has 2 heteroatoms. The van der Waals surface area contributed by atoms with Gasteiger partial charge < -0.3 is 5.32 Å². The standard InChI is InChI=1S/C16H34N2/c1-7-14(8-2)13(3)18-11-9-10-17-15(12-18)16(4,5)6/h13-15,17H,7-12H2,1-6H3. The molecule has 0 bridgehead atoms. The van der Waals surface area contributed by atoms with Crippen molar-refractivity contribution >= 4 is 0 Å². The van der Waals surface area contributed by atoms with Gasteiger partial charge in [-0.3, -0.25) is 4.90 Å². The second-order valence-corrected chi connectivity index (χ2v) is 7.04. The second kappa shape index (κ2) is 6.91. The van der Waals surface area contributed by atoms with Gasteiger partial charge in [-0.05, 0) is 37.8 Å². The molecule has 1 fully saturated rings. The highest BCUT2D eigenvalue weighted by Gasteiger charge is 2.31. The quantitative estimate of drug-likeness (QED) is 0.826. The van der Waals surface area contributed by atoms with Gasteiger partial charge in [0.1, 0.15) is 0 Å². The molecule has 2 atom stereocenters. The first-order valence-electron chi connectivity index (χ1n) is 7.87. The van der Waals surface area contributed by atoms with Crippen molar-refractivity contribution in [1.82, 2.24) is 10.2 Å². The highest BCUT2D eigenvalue weighted by atomic mass is 15.2. The molecule has 1 aliphatic heterocycles. The predicted octanol–water partition coefficient (Wildman–Crippen LogP) is 3.52. The van der Waals surface area contributed by atoms with E-state index in [9.17, 15) is 0 Å². The fraction of sp³-hybridized carbons (Fsp3) is 1.00. The van der Waals surface area contributed by atoms with Crippen LogP contribution in [0.4, 0.5) is 0 Å². The minimum Gasteiger partial charge on any atom is -0.312 e. The molecular weight excluding hydrogens is 220 g/mol. The molecule has 2 unspecified atom stereocenters. The lowest BCUT2D eigenvalue weighted by Gasteiger charge is -2.38. The number of hydrogen-bond acceptors (Lipinski definition) is 2. The maximum Gasteiger partial charge on any atom is 0.0243 e. The molecule has 1 heterocycles. The summed E-state index contributed by atoms with van der Waals surface area (Å²) in [6.45, 7) is 17.8. The lowest BCUT2D eigenvalue weighted by Crippen LogP contribution is -2.49. The van der Waals surface area contributed by atoms with E-state index in [1.54, 1.807) is 0 Å². The van der Waals surface area contributed by atoms with Crippen molar-refractivity contribution in [1.29, 1.82) is 0 Å². The van der Waals surface area contributed by atoms with E-state index in [-0.39, 0.29) is 0 Å². The topological polar surface area (TPSA) is 15.3 Å². The van der Waals surface area contributed by atoms with E-state index < -0.39 is 0 Å². The van der Waals surface area contributed by atoms with Gasteiger partial charge in [-0.1, -0.05) is 47.5 Å². The summed E-state index contributed by atoms with van der Waals surface area (Å²) in [5, 5.41) is 3.74. The van der Waals surface area contributed by atoms with Gasteiger partial charge in [-0.2, -0.15) is 0 Å². The van der Waals surface area contributed by atoms with Gasteiger partial charge in [0, 0.05) is 18.6 Å². The smallest absolute Gasteiger partial charge is 0.0243 e. The molecule has 1 N–H and O–H groups in total.